The molecule has 7 aliphatic carbocycles. The molecule has 2 aromatic carbocycles. The Morgan fingerprint density at radius 2 is 0.982 bits per heavy atom. The number of nitrogens with one attached hydrogen (secondary N) is 2. The number of hydrogen-bond donors (Lipinski definition) is 2. The number of aryl methyl sites for hydroxylation is 2. The van der Waals surface area contributed by atoms with Crippen molar-refractivity contribution in [1.82, 2.24) is 39.2 Å². The smallest absolute Gasteiger partial charge is 0.306 e. The van der Waals surface area contributed by atoms with Gasteiger partial charge < -0.3 is 33.5 Å². The molecule has 7 saturated carbocycles. The van der Waals surface area contributed by atoms with Crippen LogP contribution < -0.4 is 23.7 Å². The third-order valence-electron chi connectivity index (χ3n) is 26.1. The molecule has 25 nitrogen and oxygen atoms in total. The van der Waals surface area contributed by atoms with Crippen LogP contribution in [0.25, 0.3) is 22.1 Å². The van der Waals surface area contributed by atoms with Crippen LogP contribution in [0.3, 0.4) is 0 Å². The largest absolute Gasteiger partial charge is 0.497 e. The summed E-state index contributed by atoms with van der Waals surface area (Å²) in [5, 5.41) is -1.20. The Balaban J connectivity index is 0.000000185. The van der Waals surface area contributed by atoms with Gasteiger partial charge in [0.25, 0.3) is 0 Å². The highest BCUT2D eigenvalue weighted by Crippen LogP contribution is 2.59. The summed E-state index contributed by atoms with van der Waals surface area (Å²) in [7, 11) is -6.11. The van der Waals surface area contributed by atoms with E-state index < -0.39 is 107 Å². The second-order valence-electron chi connectivity index (χ2n) is 34.9. The molecule has 0 spiro atoms. The Bertz CT molecular complexity index is 4500. The Morgan fingerprint density at radius 3 is 1.45 bits per heavy atom. The van der Waals surface area contributed by atoms with Gasteiger partial charge in [-0.15, -0.1) is 13.2 Å². The first-order valence-electron chi connectivity index (χ1n) is 41.0. The highest BCUT2D eigenvalue weighted by molar-refractivity contribution is 7.91. The number of ketones is 2. The number of allylic oxidation sites excluding steroid dienone is 2. The van der Waals surface area contributed by atoms with Gasteiger partial charge in [0, 0.05) is 31.7 Å². The van der Waals surface area contributed by atoms with Gasteiger partial charge in [-0.2, -0.15) is 0 Å². The number of methoxy groups -OCH3 is 1. The van der Waals surface area contributed by atoms with Crippen LogP contribution in [0.2, 0.25) is 0 Å². The van der Waals surface area contributed by atoms with Gasteiger partial charge in [-0.25, -0.2) is 36.8 Å². The standard InChI is InChI=1S/C42H56N4O9S.C42H54N4O8S/c1-6-26-22-42(26,40(50)45-56(51,52)29-16-17-29)23-35(47)34-20-28-24-46(34)39(49)30(41(2,3)4)21-37(48)55-36-14-10-12-25(36)11-8-7-9-13-32-38(54-28)44-33-19-27(53-5)15-18-31(33)43-32;1-2-28-23-42(28,41(50)45-55(51,52)30-19-20-30)24-36(47)35-21-29-25-46(35)40(49)31(26-11-6-7-12-26)22-38(48)54-37-18-10-14-27(37)13-4-3-5-17-34-39(53-29)44-33-16-9-8-15-32(33)43-34/h6,15,18-19,25-26,28-30,34,36H,1,7-14,16-17,20-24H2,2-5H3,(H,45,50);2,8-9,15-16,26-31,35,37H,1,3-7,10-14,17-25H2,(H,45,50)/t25-,26-,28-,30-,34+,36?,42-;27-,28-,29-,31+,35+,37?,42-/m11/s1. The van der Waals surface area contributed by atoms with Crippen LogP contribution in [0.5, 0.6) is 17.5 Å². The number of Topliss-reactive ketones (excluding diaryl/α,β-unsaturated/α-hetero) is 2. The van der Waals surface area contributed by atoms with Crippen molar-refractivity contribution in [2.45, 2.75) is 273 Å². The Morgan fingerprint density at radius 1 is 0.541 bits per heavy atom. The monoisotopic (exact) mass is 1570 g/mol. The molecule has 6 heterocycles. The van der Waals surface area contributed by atoms with Crippen molar-refractivity contribution in [1.29, 1.82) is 0 Å². The number of fused-ring (bicyclic) bond motifs is 10. The van der Waals surface area contributed by atoms with Crippen LogP contribution in [-0.2, 0) is 80.7 Å². The fourth-order valence-electron chi connectivity index (χ4n) is 19.0. The normalized spacial score (nSPS) is 31.2. The molecule has 0 radical (unpaired) electrons. The molecule has 600 valence electrons. The van der Waals surface area contributed by atoms with Gasteiger partial charge in [-0.3, -0.25) is 47.8 Å². The second kappa shape index (κ2) is 32.9. The number of hydrogen-bond acceptors (Lipinski definition) is 21. The van der Waals surface area contributed by atoms with Crippen LogP contribution in [0.15, 0.2) is 67.8 Å². The highest BCUT2D eigenvalue weighted by atomic mass is 32.2. The summed E-state index contributed by atoms with van der Waals surface area (Å²) < 4.78 is 86.8. The summed E-state index contributed by atoms with van der Waals surface area (Å²) in [4.78, 5) is 136. The molecule has 11 aliphatic rings. The lowest BCUT2D eigenvalue weighted by Gasteiger charge is -2.35. The summed E-state index contributed by atoms with van der Waals surface area (Å²) in [6.45, 7) is 13.6. The van der Waals surface area contributed by atoms with E-state index in [0.29, 0.717) is 90.6 Å². The molecule has 4 aliphatic heterocycles. The SMILES string of the molecule is C=C[C@@H]1C[C@]1(CC(=O)[C@@H]1C[C@@H]2CN1C(=O)[C@H](C(C)(C)C)CC(=O)OC1CCC[C@H]1CCCCCc1nc3ccc(OC)cc3nc1O2)C(=O)NS(=O)(=O)C1CC1.C=C[C@@H]1C[C@]1(CC(=O)[C@@H]1C[C@@H]2CN1C(=O)[C@H](C1CCCC1)CC(=O)OC1CCC[C@H]1CCCCCc1nc3ccccc3nc1O2)C(=O)NS(=O)(=O)C1CC1. The summed E-state index contributed by atoms with van der Waals surface area (Å²) in [5.74, 6) is -3.86. The molecule has 27 heteroatoms. The van der Waals surface area contributed by atoms with E-state index >= 15 is 0 Å². The Labute approximate surface area is 651 Å². The first kappa shape index (κ1) is 79.7. The van der Waals surface area contributed by atoms with Gasteiger partial charge in [0.1, 0.15) is 41.6 Å². The van der Waals surface area contributed by atoms with Crippen molar-refractivity contribution in [2.75, 3.05) is 20.2 Å². The first-order valence-corrected chi connectivity index (χ1v) is 44.1. The quantitative estimate of drug-likeness (QED) is 0.0777. The van der Waals surface area contributed by atoms with Crippen molar-refractivity contribution in [3.8, 4) is 17.5 Å². The molecule has 111 heavy (non-hydrogen) atoms. The molecule has 2 saturated heterocycles. The average Bonchev–Trinajstić information content (AvgIpc) is 1.58. The van der Waals surface area contributed by atoms with Gasteiger partial charge in [0.05, 0.1) is 100 Å². The van der Waals surface area contributed by atoms with Gasteiger partial charge in [-0.1, -0.05) is 83.6 Å². The van der Waals surface area contributed by atoms with E-state index in [2.05, 4.69) is 22.6 Å². The first-order chi connectivity index (χ1) is 53.2. The lowest BCUT2D eigenvalue weighted by Crippen LogP contribution is -2.48. The zero-order chi connectivity index (χ0) is 78.3. The lowest BCUT2D eigenvalue weighted by molar-refractivity contribution is -0.158. The minimum Gasteiger partial charge on any atom is -0.497 e. The number of ether oxygens (including phenoxy) is 5. The summed E-state index contributed by atoms with van der Waals surface area (Å²) in [5.41, 5.74) is 0.950. The van der Waals surface area contributed by atoms with E-state index in [-0.39, 0.29) is 117 Å². The van der Waals surface area contributed by atoms with E-state index in [1.54, 1.807) is 30.2 Å². The molecule has 2 N–H and O–H groups in total. The Kier molecular flexibility index (Phi) is 23.6. The van der Waals surface area contributed by atoms with Gasteiger partial charge in [0.15, 0.2) is 11.6 Å². The van der Waals surface area contributed by atoms with Crippen LogP contribution in [0, 0.1) is 57.7 Å². The maximum atomic E-state index is 14.9. The summed E-state index contributed by atoms with van der Waals surface area (Å²) in [6.07, 6.45) is 21.8. The number of amides is 4. The third kappa shape index (κ3) is 17.9. The third-order valence-corrected chi connectivity index (χ3v) is 29.8. The number of para-hydroxylation sites is 2. The predicted molar refractivity (Wildman–Crippen MR) is 412 cm³/mol. The molecule has 15 rings (SSSR count). The number of sulfonamides is 2. The van der Waals surface area contributed by atoms with E-state index in [4.69, 9.17) is 43.6 Å². The molecule has 2 unspecified atom stereocenters. The van der Waals surface area contributed by atoms with Crippen molar-refractivity contribution in [2.24, 2.45) is 57.7 Å². The summed E-state index contributed by atoms with van der Waals surface area (Å²) >= 11 is 0. The van der Waals surface area contributed by atoms with Crippen molar-refractivity contribution in [3.63, 3.8) is 0 Å². The number of carbonyl (C=O) groups is 8. The van der Waals surface area contributed by atoms with Crippen LogP contribution in [-0.4, -0.2) is 161 Å². The van der Waals surface area contributed by atoms with Crippen LogP contribution in [0.1, 0.15) is 225 Å². The van der Waals surface area contributed by atoms with Crippen LogP contribution in [0.4, 0.5) is 0 Å². The zero-order valence-electron chi connectivity index (χ0n) is 64.8. The maximum absolute atomic E-state index is 14.9. The molecule has 14 atom stereocenters. The second-order valence-corrected chi connectivity index (χ2v) is 38.8. The van der Waals surface area contributed by atoms with E-state index in [9.17, 15) is 55.2 Å². The minimum absolute atomic E-state index is 0.0166. The van der Waals surface area contributed by atoms with Gasteiger partial charge >= 0.3 is 11.9 Å². The number of nitrogens with zero attached hydrogens (tertiary/aromatic N) is 6. The number of aromatic nitrogens is 4. The lowest BCUT2D eigenvalue weighted by atomic mass is 9.77. The van der Waals surface area contributed by atoms with E-state index in [1.165, 1.54) is 4.90 Å². The van der Waals surface area contributed by atoms with Crippen molar-refractivity contribution in [3.05, 3.63) is 79.2 Å². The fourth-order valence-corrected chi connectivity index (χ4v) is 21.8. The minimum atomic E-state index is -3.86. The average molecular weight is 1570 g/mol. The fraction of sp³-hybridized carbons (Fsp3) is 0.667. The molecular formula is C84H110N8O17S2. The topological polar surface area (TPSA) is 333 Å². The zero-order valence-corrected chi connectivity index (χ0v) is 66.4. The summed E-state index contributed by atoms with van der Waals surface area (Å²) in [6, 6.07) is 11.2. The van der Waals surface area contributed by atoms with E-state index in [0.717, 1.165) is 127 Å². The molecule has 9 fully saturated rings. The molecular weight excluding hydrogens is 1460 g/mol. The molecule has 2 aromatic heterocycles. The predicted octanol–water partition coefficient (Wildman–Crippen LogP) is 11.4. The van der Waals surface area contributed by atoms with Gasteiger partial charge in [0.2, 0.25) is 55.4 Å². The molecule has 4 aromatic rings. The number of rotatable bonds is 16. The molecule has 4 amide bonds. The van der Waals surface area contributed by atoms with E-state index in [1.807, 2.05) is 57.2 Å². The Hall–Kier alpha value is -7.94. The van der Waals surface area contributed by atoms with Crippen molar-refractivity contribution >= 4 is 89.2 Å². The number of esters is 2. The maximum Gasteiger partial charge on any atom is 0.306 e. The highest BCUT2D eigenvalue weighted by Gasteiger charge is 2.63. The van der Waals surface area contributed by atoms with Crippen molar-refractivity contribution < 1.29 is 78.9 Å². The number of carbonyl (C=O) groups excluding carboxylic acids is 8. The molecule has 4 bridgehead atoms. The van der Waals surface area contributed by atoms with Crippen LogP contribution >= 0.6 is 0 Å². The van der Waals surface area contributed by atoms with Gasteiger partial charge in [-0.05, 0) is 188 Å². The number of benzene rings is 2.